The van der Waals surface area contributed by atoms with E-state index in [1.54, 1.807) is 13.0 Å². The molecule has 0 radical (unpaired) electrons. The first-order valence-electron chi connectivity index (χ1n) is 8.47. The van der Waals surface area contributed by atoms with Crippen molar-refractivity contribution in [1.29, 1.82) is 0 Å². The highest BCUT2D eigenvalue weighted by Crippen LogP contribution is 2.31. The molecular weight excluding hydrogens is 365 g/mol. The molecule has 1 amide bonds. The summed E-state index contributed by atoms with van der Waals surface area (Å²) in [7, 11) is 0. The Morgan fingerprint density at radius 3 is 2.56 bits per heavy atom. The number of hydrogen-bond acceptors (Lipinski definition) is 4. The first-order valence-corrected chi connectivity index (χ1v) is 9.29. The molecule has 1 heterocycles. The molecule has 0 atom stereocenters. The highest BCUT2D eigenvalue weighted by Gasteiger charge is 2.20. The molecule has 0 aliphatic carbocycles. The van der Waals surface area contributed by atoms with Gasteiger partial charge in [-0.25, -0.2) is 9.18 Å². The minimum Gasteiger partial charge on any atom is -0.462 e. The maximum absolute atomic E-state index is 13.4. The number of benzene rings is 2. The molecule has 0 spiro atoms. The monoisotopic (exact) mass is 383 g/mol. The summed E-state index contributed by atoms with van der Waals surface area (Å²) in [5.74, 6) is -1.47. The van der Waals surface area contributed by atoms with Crippen molar-refractivity contribution in [2.75, 3.05) is 11.9 Å². The number of amides is 1. The Morgan fingerprint density at radius 1 is 1.07 bits per heavy atom. The maximum atomic E-state index is 13.4. The lowest BCUT2D eigenvalue weighted by Gasteiger charge is -2.06. The van der Waals surface area contributed by atoms with E-state index in [1.165, 1.54) is 29.5 Å². The highest BCUT2D eigenvalue weighted by molar-refractivity contribution is 7.16. The number of hydrogen-bond donors (Lipinski definition) is 1. The van der Waals surface area contributed by atoms with E-state index in [2.05, 4.69) is 5.32 Å². The quantitative estimate of drug-likeness (QED) is 0.616. The number of ether oxygens (including phenoxy) is 1. The molecule has 0 unspecified atom stereocenters. The van der Waals surface area contributed by atoms with Crippen LogP contribution in [0.2, 0.25) is 0 Å². The van der Waals surface area contributed by atoms with Crippen molar-refractivity contribution in [3.63, 3.8) is 0 Å². The predicted octanol–water partition coefficient (Wildman–Crippen LogP) is 4.91. The smallest absolute Gasteiger partial charge is 0.341 e. The van der Waals surface area contributed by atoms with Crippen molar-refractivity contribution in [2.24, 2.45) is 0 Å². The van der Waals surface area contributed by atoms with Gasteiger partial charge >= 0.3 is 5.97 Å². The van der Waals surface area contributed by atoms with Crippen LogP contribution < -0.4 is 5.32 Å². The third-order valence-electron chi connectivity index (χ3n) is 3.81. The lowest BCUT2D eigenvalue weighted by molar-refractivity contribution is 0.0528. The molecule has 3 rings (SSSR count). The van der Waals surface area contributed by atoms with E-state index in [0.717, 1.165) is 16.5 Å². The van der Waals surface area contributed by atoms with Crippen LogP contribution in [0.15, 0.2) is 60.7 Å². The van der Waals surface area contributed by atoms with E-state index < -0.39 is 17.7 Å². The zero-order valence-electron chi connectivity index (χ0n) is 14.7. The minimum absolute atomic E-state index is 0.183. The Kier molecular flexibility index (Phi) is 5.98. The van der Waals surface area contributed by atoms with Gasteiger partial charge in [0.2, 0.25) is 0 Å². The summed E-state index contributed by atoms with van der Waals surface area (Å²) in [6.07, 6.45) is 0.633. The zero-order chi connectivity index (χ0) is 19.2. The Balaban J connectivity index is 1.87. The fourth-order valence-corrected chi connectivity index (χ4v) is 3.66. The number of thiophene rings is 1. The van der Waals surface area contributed by atoms with Crippen molar-refractivity contribution in [2.45, 2.75) is 13.3 Å². The van der Waals surface area contributed by atoms with Crippen LogP contribution in [-0.2, 0) is 11.2 Å². The molecule has 0 saturated heterocycles. The Hall–Kier alpha value is -2.99. The maximum Gasteiger partial charge on any atom is 0.341 e. The number of carbonyl (C=O) groups is 2. The Bertz CT molecular complexity index is 953. The molecule has 0 fully saturated rings. The summed E-state index contributed by atoms with van der Waals surface area (Å²) < 4.78 is 18.5. The summed E-state index contributed by atoms with van der Waals surface area (Å²) >= 11 is 1.31. The fourth-order valence-electron chi connectivity index (χ4n) is 2.58. The third kappa shape index (κ3) is 4.80. The van der Waals surface area contributed by atoms with E-state index in [9.17, 15) is 14.0 Å². The summed E-state index contributed by atoms with van der Waals surface area (Å²) in [4.78, 5) is 25.6. The van der Waals surface area contributed by atoms with Crippen LogP contribution in [0.25, 0.3) is 0 Å². The molecule has 138 valence electrons. The number of carbonyl (C=O) groups excluding carboxylic acids is 2. The molecule has 6 heteroatoms. The zero-order valence-corrected chi connectivity index (χ0v) is 15.5. The van der Waals surface area contributed by atoms with E-state index in [-0.39, 0.29) is 12.2 Å². The Morgan fingerprint density at radius 2 is 1.85 bits per heavy atom. The van der Waals surface area contributed by atoms with Crippen LogP contribution in [0, 0.1) is 5.82 Å². The molecule has 1 N–H and O–H groups in total. The fraction of sp³-hybridized carbons (Fsp3) is 0.143. The van der Waals surface area contributed by atoms with Gasteiger partial charge in [-0.3, -0.25) is 4.79 Å². The summed E-state index contributed by atoms with van der Waals surface area (Å²) in [5.41, 5.74) is 1.58. The molecule has 0 saturated carbocycles. The lowest BCUT2D eigenvalue weighted by Crippen LogP contribution is -2.14. The normalized spacial score (nSPS) is 10.4. The summed E-state index contributed by atoms with van der Waals surface area (Å²) in [6.45, 7) is 1.96. The van der Waals surface area contributed by atoms with Crippen LogP contribution >= 0.6 is 11.3 Å². The van der Waals surface area contributed by atoms with Crippen molar-refractivity contribution < 1.29 is 18.7 Å². The average molecular weight is 383 g/mol. The van der Waals surface area contributed by atoms with Gasteiger partial charge in [-0.05, 0) is 36.8 Å². The van der Waals surface area contributed by atoms with Gasteiger partial charge in [0, 0.05) is 16.9 Å². The van der Waals surface area contributed by atoms with Crippen molar-refractivity contribution >= 4 is 28.2 Å². The second kappa shape index (κ2) is 8.60. The molecule has 1 aromatic heterocycles. The van der Waals surface area contributed by atoms with E-state index in [1.807, 2.05) is 30.3 Å². The van der Waals surface area contributed by atoms with Crippen molar-refractivity contribution in [3.05, 3.63) is 88.0 Å². The van der Waals surface area contributed by atoms with Gasteiger partial charge in [-0.15, -0.1) is 11.3 Å². The van der Waals surface area contributed by atoms with E-state index in [4.69, 9.17) is 4.74 Å². The second-order valence-corrected chi connectivity index (χ2v) is 6.94. The number of anilines is 1. The number of rotatable bonds is 6. The van der Waals surface area contributed by atoms with Crippen molar-refractivity contribution in [3.8, 4) is 0 Å². The molecular formula is C21H18FNO3S. The van der Waals surface area contributed by atoms with Gasteiger partial charge < -0.3 is 10.1 Å². The topological polar surface area (TPSA) is 55.4 Å². The van der Waals surface area contributed by atoms with Gasteiger partial charge in [0.05, 0.1) is 12.2 Å². The molecule has 0 aliphatic rings. The summed E-state index contributed by atoms with van der Waals surface area (Å²) in [6, 6.07) is 16.9. The molecule has 3 aromatic rings. The number of nitrogens with one attached hydrogen (secondary N) is 1. The highest BCUT2D eigenvalue weighted by atomic mass is 32.1. The van der Waals surface area contributed by atoms with Crippen LogP contribution in [0.4, 0.5) is 9.39 Å². The molecule has 4 nitrogen and oxygen atoms in total. The molecule has 27 heavy (non-hydrogen) atoms. The lowest BCUT2D eigenvalue weighted by atomic mass is 10.1. The van der Waals surface area contributed by atoms with Gasteiger partial charge in [0.15, 0.2) is 0 Å². The summed E-state index contributed by atoms with van der Waals surface area (Å²) in [5, 5.41) is 3.11. The minimum atomic E-state index is -0.498. The van der Waals surface area contributed by atoms with Gasteiger partial charge in [0.25, 0.3) is 5.91 Å². The van der Waals surface area contributed by atoms with Crippen LogP contribution in [0.1, 0.15) is 38.1 Å². The number of esters is 1. The average Bonchev–Trinajstić information content (AvgIpc) is 3.05. The standard InChI is InChI=1S/C21H18FNO3S/c1-2-26-21(25)18-13-17(11-14-7-4-3-5-8-14)27-20(18)23-19(24)15-9-6-10-16(22)12-15/h3-10,12-13H,2,11H2,1H3,(H,23,24). The van der Waals surface area contributed by atoms with Crippen LogP contribution in [-0.4, -0.2) is 18.5 Å². The molecule has 0 bridgehead atoms. The molecule has 0 aliphatic heterocycles. The number of halogens is 1. The van der Waals surface area contributed by atoms with Gasteiger partial charge in [-0.2, -0.15) is 0 Å². The molecule has 2 aromatic carbocycles. The van der Waals surface area contributed by atoms with Crippen LogP contribution in [0.3, 0.4) is 0 Å². The van der Waals surface area contributed by atoms with E-state index in [0.29, 0.717) is 17.0 Å². The third-order valence-corrected chi connectivity index (χ3v) is 4.86. The van der Waals surface area contributed by atoms with Crippen LogP contribution in [0.5, 0.6) is 0 Å². The van der Waals surface area contributed by atoms with Gasteiger partial charge in [0.1, 0.15) is 10.8 Å². The van der Waals surface area contributed by atoms with Gasteiger partial charge in [-0.1, -0.05) is 36.4 Å². The first kappa shape index (κ1) is 18.8. The predicted molar refractivity (Wildman–Crippen MR) is 104 cm³/mol. The van der Waals surface area contributed by atoms with E-state index >= 15 is 0 Å². The largest absolute Gasteiger partial charge is 0.462 e. The second-order valence-electron chi connectivity index (χ2n) is 5.80. The SMILES string of the molecule is CCOC(=O)c1cc(Cc2ccccc2)sc1NC(=O)c1cccc(F)c1. The Labute approximate surface area is 160 Å². The first-order chi connectivity index (χ1) is 13.1. The van der Waals surface area contributed by atoms with Crippen molar-refractivity contribution in [1.82, 2.24) is 0 Å².